The fourth-order valence-electron chi connectivity index (χ4n) is 8.01. The number of nitrogens with zero attached hydrogens (tertiary/aromatic N) is 2. The zero-order valence-electron chi connectivity index (χ0n) is 51.7. The molecule has 0 aliphatic rings. The van der Waals surface area contributed by atoms with E-state index in [1.807, 2.05) is 77.4 Å². The highest BCUT2D eigenvalue weighted by molar-refractivity contribution is 6.15. The Morgan fingerprint density at radius 3 is 1.70 bits per heavy atom. The molecule has 12 rings (SSSR count). The van der Waals surface area contributed by atoms with Crippen LogP contribution in [0, 0.1) is 0 Å². The molecule has 2 aromatic heterocycles. The van der Waals surface area contributed by atoms with Crippen molar-refractivity contribution >= 4 is 71.6 Å². The second kappa shape index (κ2) is 14.3. The van der Waals surface area contributed by atoms with E-state index in [0.717, 1.165) is 26.7 Å². The van der Waals surface area contributed by atoms with Crippen molar-refractivity contribution in [1.29, 1.82) is 0 Å². The van der Waals surface area contributed by atoms with Crippen LogP contribution in [0.5, 0.6) is 0 Å². The van der Waals surface area contributed by atoms with Gasteiger partial charge in [-0.15, -0.1) is 0 Å². The van der Waals surface area contributed by atoms with E-state index in [-0.39, 0.29) is 16.8 Å². The molecule has 3 heteroatoms. The zero-order valence-corrected chi connectivity index (χ0v) is 31.7. The quantitative estimate of drug-likeness (QED) is 0.160. The molecule has 2 heterocycles. The summed E-state index contributed by atoms with van der Waals surface area (Å²) in [6.07, 6.45) is 0. The van der Waals surface area contributed by atoms with Crippen LogP contribution in [0.15, 0.2) is 234 Å². The molecule has 0 saturated carbocycles. The van der Waals surface area contributed by atoms with Crippen LogP contribution in [0.1, 0.15) is 27.4 Å². The normalized spacial score (nSPS) is 16.2. The first kappa shape index (κ1) is 20.2. The number of fused-ring (bicyclic) bond motifs is 7. The van der Waals surface area contributed by atoms with Crippen LogP contribution in [0.3, 0.4) is 0 Å². The molecule has 10 aromatic carbocycles. The largest absolute Gasteiger partial charge is 0.455 e. The second-order valence-corrected chi connectivity index (χ2v) is 14.1. The van der Waals surface area contributed by atoms with E-state index >= 15 is 0 Å². The maximum Gasteiger partial charge on any atom is 0.145 e. The van der Waals surface area contributed by atoms with Crippen molar-refractivity contribution in [3.05, 3.63) is 230 Å². The van der Waals surface area contributed by atoms with Crippen LogP contribution in [-0.4, -0.2) is 4.57 Å². The molecule has 0 saturated heterocycles. The third-order valence-electron chi connectivity index (χ3n) is 10.7. The molecule has 0 amide bonds. The van der Waals surface area contributed by atoms with Crippen LogP contribution < -0.4 is 4.90 Å². The highest BCUT2D eigenvalue weighted by atomic mass is 16.3. The summed E-state index contributed by atoms with van der Waals surface area (Å²) in [5.74, 6) is 0. The van der Waals surface area contributed by atoms with E-state index in [4.69, 9.17) is 19.5 Å². The summed E-state index contributed by atoms with van der Waals surface area (Å²) in [7, 11) is 0. The maximum absolute atomic E-state index is 9.98. The molecular formula is C58H38N2O. The molecule has 61 heavy (non-hydrogen) atoms. The molecule has 0 aliphatic carbocycles. The number of hydrogen-bond acceptors (Lipinski definition) is 2. The molecule has 0 bridgehead atoms. The van der Waals surface area contributed by atoms with Crippen LogP contribution in [0.2, 0.25) is 0 Å². The number of rotatable bonds is 7. The summed E-state index contributed by atoms with van der Waals surface area (Å²) in [6.45, 7) is 0. The van der Waals surface area contributed by atoms with Crippen LogP contribution >= 0.6 is 0 Å². The first-order chi connectivity index (χ1) is 38.6. The Kier molecular flexibility index (Phi) is 4.74. The summed E-state index contributed by atoms with van der Waals surface area (Å²) in [4.78, 5) is 1.03. The summed E-state index contributed by atoms with van der Waals surface area (Å²) < 4.78 is 191. The van der Waals surface area contributed by atoms with Gasteiger partial charge < -0.3 is 13.9 Å². The summed E-state index contributed by atoms with van der Waals surface area (Å²) in [5, 5.41) is 2.06. The van der Waals surface area contributed by atoms with Crippen molar-refractivity contribution < 1.29 is 31.8 Å². The molecule has 12 aromatic rings. The monoisotopic (exact) mass is 798 g/mol. The van der Waals surface area contributed by atoms with E-state index in [9.17, 15) is 12.3 Å². The van der Waals surface area contributed by atoms with Crippen LogP contribution in [-0.2, 0) is 0 Å². The van der Waals surface area contributed by atoms with E-state index in [2.05, 4.69) is 0 Å². The van der Waals surface area contributed by atoms with E-state index in [0.29, 0.717) is 27.6 Å². The minimum atomic E-state index is -0.930. The van der Waals surface area contributed by atoms with Gasteiger partial charge in [0.1, 0.15) is 11.2 Å². The Balaban J connectivity index is 1.25. The smallest absolute Gasteiger partial charge is 0.145 e. The topological polar surface area (TPSA) is 21.3 Å². The SMILES string of the molecule is [2H]c1c([2H])c([2H])c(-c2c([2H])c([2H])c(N(c3ccc4c(oc5ccccc54)c3-c3ccccc3-n3c4ccccc4c4ccccc43)c3c([2H])c([2H])c(-c4c([2H])c([2H])c5c([2H])c([2H])c([2H])c([2H])c5c4[2H])c([2H])c3[2H])c([2H])c2[2H])c([2H])c1[2H]. The van der Waals surface area contributed by atoms with E-state index in [1.165, 1.54) is 0 Å². The van der Waals surface area contributed by atoms with Crippen molar-refractivity contribution in [3.63, 3.8) is 0 Å². The number of benzene rings is 10. The lowest BCUT2D eigenvalue weighted by Gasteiger charge is -2.29. The average molecular weight is 799 g/mol. The zero-order chi connectivity index (χ0) is 57.7. The van der Waals surface area contributed by atoms with Crippen LogP contribution in [0.4, 0.5) is 17.1 Å². The van der Waals surface area contributed by atoms with Gasteiger partial charge in [-0.25, -0.2) is 0 Å². The second-order valence-electron chi connectivity index (χ2n) is 14.1. The predicted octanol–water partition coefficient (Wildman–Crippen LogP) is 16.3. The Morgan fingerprint density at radius 2 is 0.984 bits per heavy atom. The van der Waals surface area contributed by atoms with Crippen molar-refractivity contribution in [1.82, 2.24) is 4.57 Å². The predicted molar refractivity (Wildman–Crippen MR) is 257 cm³/mol. The summed E-state index contributed by atoms with van der Waals surface area (Å²) in [6, 6.07) is 16.4. The third kappa shape index (κ3) is 5.82. The van der Waals surface area contributed by atoms with Gasteiger partial charge in [-0.2, -0.15) is 0 Å². The van der Waals surface area contributed by atoms with E-state index in [1.54, 1.807) is 36.4 Å². The molecule has 0 unspecified atom stereocenters. The van der Waals surface area contributed by atoms with Gasteiger partial charge in [-0.05, 0) is 99.6 Å². The van der Waals surface area contributed by atoms with Crippen LogP contribution in [0.25, 0.3) is 93.6 Å². The standard InChI is InChI=1S/C58H38N2O/c1-2-14-39(15-3-1)41-28-32-45(33-29-41)59(46-34-30-42(31-35-46)44-27-26-40-16-4-5-17-43(40)38-44)55-37-36-50-49-20-9-13-25-56(49)61-58(50)57(55)51-21-8-12-24-54(51)60-52-22-10-6-18-47(52)48-19-7-11-23-53(48)60/h1-38H/i1D,2D,3D,4D,5D,14D,15D,16D,17D,26D,27D,28D,29D,30D,31D,32D,33D,34D,35D,38D. The highest BCUT2D eigenvalue weighted by Crippen LogP contribution is 2.49. The van der Waals surface area contributed by atoms with Crippen molar-refractivity contribution in [2.45, 2.75) is 0 Å². The number of furan rings is 1. The lowest BCUT2D eigenvalue weighted by atomic mass is 9.96. The number of para-hydroxylation sites is 4. The Hall–Kier alpha value is -8.14. The fourth-order valence-corrected chi connectivity index (χ4v) is 8.01. The highest BCUT2D eigenvalue weighted by Gasteiger charge is 2.26. The van der Waals surface area contributed by atoms with Gasteiger partial charge >= 0.3 is 0 Å². The van der Waals surface area contributed by atoms with E-state index < -0.39 is 165 Å². The van der Waals surface area contributed by atoms with Gasteiger partial charge in [-0.1, -0.05) is 163 Å². The van der Waals surface area contributed by atoms with Gasteiger partial charge in [0.2, 0.25) is 0 Å². The number of aromatic nitrogens is 1. The number of hydrogen-bond donors (Lipinski definition) is 0. The Morgan fingerprint density at radius 1 is 0.426 bits per heavy atom. The lowest BCUT2D eigenvalue weighted by molar-refractivity contribution is 0.670. The molecule has 0 atom stereocenters. The fraction of sp³-hybridized carbons (Fsp3) is 0. The summed E-state index contributed by atoms with van der Waals surface area (Å²) >= 11 is 0. The minimum Gasteiger partial charge on any atom is -0.455 e. The minimum absolute atomic E-state index is 0.0859. The molecule has 0 fully saturated rings. The summed E-state index contributed by atoms with van der Waals surface area (Å²) in [5.41, 5.74) is -0.742. The Labute approximate surface area is 381 Å². The van der Waals surface area contributed by atoms with Gasteiger partial charge in [0.25, 0.3) is 0 Å². The first-order valence-corrected chi connectivity index (χ1v) is 19.2. The lowest BCUT2D eigenvalue weighted by Crippen LogP contribution is -2.12. The van der Waals surface area contributed by atoms with Gasteiger partial charge in [0, 0.05) is 38.5 Å². The molecule has 0 aliphatic heterocycles. The Bertz CT molecular complexity index is 4660. The third-order valence-corrected chi connectivity index (χ3v) is 10.7. The molecule has 0 spiro atoms. The van der Waals surface area contributed by atoms with Crippen molar-refractivity contribution in [3.8, 4) is 39.1 Å². The maximum atomic E-state index is 9.98. The molecular weight excluding hydrogens is 741 g/mol. The van der Waals surface area contributed by atoms with Crippen molar-refractivity contribution in [2.24, 2.45) is 0 Å². The molecule has 3 nitrogen and oxygen atoms in total. The molecule has 0 radical (unpaired) electrons. The average Bonchev–Trinajstić information content (AvgIpc) is 4.19. The number of anilines is 3. The molecule has 286 valence electrons. The molecule has 0 N–H and O–H groups in total. The van der Waals surface area contributed by atoms with Crippen molar-refractivity contribution in [2.75, 3.05) is 4.90 Å². The van der Waals surface area contributed by atoms with Gasteiger partial charge in [-0.3, -0.25) is 0 Å². The van der Waals surface area contributed by atoms with Gasteiger partial charge in [0.15, 0.2) is 0 Å². The van der Waals surface area contributed by atoms with Gasteiger partial charge in [0.05, 0.1) is 55.4 Å². The first-order valence-electron chi connectivity index (χ1n) is 29.2.